The van der Waals surface area contributed by atoms with Gasteiger partial charge in [0.25, 0.3) is 0 Å². The molecule has 0 aliphatic carbocycles. The molecule has 0 heterocycles. The van der Waals surface area contributed by atoms with Gasteiger partial charge in [0.2, 0.25) is 14.8 Å². The number of aliphatic hydroxyl groups is 1. The summed E-state index contributed by atoms with van der Waals surface area (Å²) < 4.78 is 47.9. The number of unbranched alkanes of at least 4 members (excludes halogenated alkanes) is 5. The van der Waals surface area contributed by atoms with Gasteiger partial charge in [-0.1, -0.05) is 87.6 Å². The van der Waals surface area contributed by atoms with Crippen LogP contribution < -0.4 is 0 Å². The Hall–Kier alpha value is -1.76. The number of halogens is 1. The Morgan fingerprint density at radius 2 is 1.52 bits per heavy atom. The Kier molecular flexibility index (Phi) is 10.6. The highest BCUT2D eigenvalue weighted by Crippen LogP contribution is 2.37. The summed E-state index contributed by atoms with van der Waals surface area (Å²) in [5.41, 5.74) is 0.965. The van der Waals surface area contributed by atoms with E-state index < -0.39 is 20.9 Å². The van der Waals surface area contributed by atoms with Crippen molar-refractivity contribution in [3.63, 3.8) is 0 Å². The first-order valence-corrected chi connectivity index (χ1v) is 12.7. The lowest BCUT2D eigenvalue weighted by molar-refractivity contribution is 0.00712. The smallest absolute Gasteiger partial charge is 0.240 e. The summed E-state index contributed by atoms with van der Waals surface area (Å²) in [5, 5.41) is 7.93. The molecule has 2 unspecified atom stereocenters. The highest BCUT2D eigenvalue weighted by Gasteiger charge is 2.50. The van der Waals surface area contributed by atoms with Crippen LogP contribution >= 0.6 is 0 Å². The normalized spacial score (nSPS) is 14.8. The Bertz CT molecular complexity index is 842. The van der Waals surface area contributed by atoms with Crippen molar-refractivity contribution in [2.24, 2.45) is 0 Å². The highest BCUT2D eigenvalue weighted by atomic mass is 32.2. The van der Waals surface area contributed by atoms with Crippen LogP contribution in [-0.4, -0.2) is 31.2 Å². The molecule has 0 radical (unpaired) electrons. The number of alkyl halides is 1. The average molecular weight is 451 g/mol. The van der Waals surface area contributed by atoms with E-state index in [0.29, 0.717) is 13.0 Å². The van der Waals surface area contributed by atoms with Gasteiger partial charge in [-0.15, -0.1) is 0 Å². The summed E-state index contributed by atoms with van der Waals surface area (Å²) in [7, 11) is -4.36. The molecular weight excluding hydrogens is 415 g/mol. The van der Waals surface area contributed by atoms with Gasteiger partial charge in [0.15, 0.2) is 0 Å². The van der Waals surface area contributed by atoms with Crippen LogP contribution in [0.5, 0.6) is 0 Å². The maximum atomic E-state index is 16.1. The number of aliphatic hydroxyl groups excluding tert-OH is 1. The Morgan fingerprint density at radius 1 is 0.935 bits per heavy atom. The van der Waals surface area contributed by atoms with Crippen LogP contribution in [0.25, 0.3) is 0 Å². The number of ether oxygens (including phenoxy) is 1. The predicted molar refractivity (Wildman–Crippen MR) is 122 cm³/mol. The number of benzene rings is 2. The van der Waals surface area contributed by atoms with E-state index in [4.69, 9.17) is 4.74 Å². The molecule has 31 heavy (non-hydrogen) atoms. The van der Waals surface area contributed by atoms with Crippen molar-refractivity contribution in [2.45, 2.75) is 80.9 Å². The first-order valence-electron chi connectivity index (χ1n) is 11.2. The SMILES string of the molecule is CCCCCCCCC(F)(C(O)CCOCc1ccccc1)S(=O)(=O)c1ccccc1. The summed E-state index contributed by atoms with van der Waals surface area (Å²) in [4.78, 5) is -0.104. The topological polar surface area (TPSA) is 63.6 Å². The Labute approximate surface area is 186 Å². The molecule has 0 saturated carbocycles. The van der Waals surface area contributed by atoms with Crippen LogP contribution in [0.4, 0.5) is 4.39 Å². The zero-order valence-electron chi connectivity index (χ0n) is 18.4. The zero-order chi connectivity index (χ0) is 22.6. The van der Waals surface area contributed by atoms with E-state index >= 15 is 4.39 Å². The molecule has 0 bridgehead atoms. The summed E-state index contributed by atoms with van der Waals surface area (Å²) in [6, 6.07) is 17.1. The summed E-state index contributed by atoms with van der Waals surface area (Å²) in [6.45, 7) is 2.52. The van der Waals surface area contributed by atoms with E-state index in [-0.39, 0.29) is 24.3 Å². The minimum absolute atomic E-state index is 0.0720. The lowest BCUT2D eigenvalue weighted by Crippen LogP contribution is -2.46. The van der Waals surface area contributed by atoms with Gasteiger partial charge >= 0.3 is 0 Å². The quantitative estimate of drug-likeness (QED) is 0.346. The fraction of sp³-hybridized carbons (Fsp3) is 0.520. The fourth-order valence-corrected chi connectivity index (χ4v) is 5.39. The maximum absolute atomic E-state index is 16.1. The van der Waals surface area contributed by atoms with Gasteiger partial charge < -0.3 is 9.84 Å². The van der Waals surface area contributed by atoms with Gasteiger partial charge in [0.05, 0.1) is 11.5 Å². The molecule has 0 saturated heterocycles. The molecule has 2 atom stereocenters. The molecule has 0 aromatic heterocycles. The third kappa shape index (κ3) is 7.41. The monoisotopic (exact) mass is 450 g/mol. The first-order chi connectivity index (χ1) is 14.9. The highest BCUT2D eigenvalue weighted by molar-refractivity contribution is 7.92. The molecule has 0 fully saturated rings. The van der Waals surface area contributed by atoms with Crippen molar-refractivity contribution in [1.82, 2.24) is 0 Å². The molecule has 0 aliphatic rings. The maximum Gasteiger partial charge on any atom is 0.240 e. The van der Waals surface area contributed by atoms with Gasteiger partial charge in [0.1, 0.15) is 6.10 Å². The summed E-state index contributed by atoms with van der Waals surface area (Å²) in [6.07, 6.45) is 3.39. The fourth-order valence-electron chi connectivity index (χ4n) is 3.60. The second-order valence-corrected chi connectivity index (χ2v) is 10.1. The largest absolute Gasteiger partial charge is 0.389 e. The van der Waals surface area contributed by atoms with E-state index in [0.717, 1.165) is 37.7 Å². The van der Waals surface area contributed by atoms with E-state index in [9.17, 15) is 13.5 Å². The number of sulfone groups is 1. The van der Waals surface area contributed by atoms with Crippen LogP contribution in [0.3, 0.4) is 0 Å². The third-order valence-electron chi connectivity index (χ3n) is 5.52. The molecule has 2 aromatic carbocycles. The van der Waals surface area contributed by atoms with Gasteiger partial charge in [0, 0.05) is 13.0 Å². The Morgan fingerprint density at radius 3 is 2.16 bits per heavy atom. The summed E-state index contributed by atoms with van der Waals surface area (Å²) >= 11 is 0. The third-order valence-corrected chi connectivity index (χ3v) is 7.78. The first kappa shape index (κ1) is 25.5. The van der Waals surface area contributed by atoms with Crippen LogP contribution in [0, 0.1) is 0 Å². The van der Waals surface area contributed by atoms with Crippen molar-refractivity contribution < 1.29 is 22.7 Å². The number of rotatable bonds is 15. The number of hydrogen-bond donors (Lipinski definition) is 1. The predicted octanol–water partition coefficient (Wildman–Crippen LogP) is 5.84. The van der Waals surface area contributed by atoms with Gasteiger partial charge in [-0.05, 0) is 30.5 Å². The molecule has 2 rings (SSSR count). The molecule has 4 nitrogen and oxygen atoms in total. The van der Waals surface area contributed by atoms with Crippen molar-refractivity contribution in [3.05, 3.63) is 66.2 Å². The number of hydrogen-bond acceptors (Lipinski definition) is 4. The molecule has 0 amide bonds. The van der Waals surface area contributed by atoms with Crippen molar-refractivity contribution in [1.29, 1.82) is 0 Å². The second kappa shape index (κ2) is 12.9. The van der Waals surface area contributed by atoms with Gasteiger partial charge in [-0.25, -0.2) is 12.8 Å². The van der Waals surface area contributed by atoms with Crippen LogP contribution in [0.15, 0.2) is 65.6 Å². The van der Waals surface area contributed by atoms with Crippen LogP contribution in [-0.2, 0) is 21.2 Å². The van der Waals surface area contributed by atoms with E-state index in [2.05, 4.69) is 6.92 Å². The van der Waals surface area contributed by atoms with Gasteiger partial charge in [-0.3, -0.25) is 0 Å². The van der Waals surface area contributed by atoms with Crippen LogP contribution in [0.1, 0.15) is 63.9 Å². The average Bonchev–Trinajstić information content (AvgIpc) is 2.79. The molecule has 2 aromatic rings. The standard InChI is InChI=1S/C25H35FO4S/c1-2-3-4-5-6-13-19-25(26,31(28,29)23-16-11-8-12-17-23)24(27)18-20-30-21-22-14-9-7-10-15-22/h7-12,14-17,24,27H,2-6,13,18-21H2,1H3. The van der Waals surface area contributed by atoms with E-state index in [1.807, 2.05) is 30.3 Å². The van der Waals surface area contributed by atoms with E-state index in [1.54, 1.807) is 18.2 Å². The molecule has 0 aliphatic heterocycles. The van der Waals surface area contributed by atoms with Crippen molar-refractivity contribution in [2.75, 3.05) is 6.61 Å². The molecule has 172 valence electrons. The second-order valence-electron chi connectivity index (χ2n) is 7.96. The minimum atomic E-state index is -4.36. The Balaban J connectivity index is 2.03. The van der Waals surface area contributed by atoms with E-state index in [1.165, 1.54) is 12.1 Å². The van der Waals surface area contributed by atoms with Crippen molar-refractivity contribution >= 4 is 9.84 Å². The van der Waals surface area contributed by atoms with Crippen LogP contribution in [0.2, 0.25) is 0 Å². The zero-order valence-corrected chi connectivity index (χ0v) is 19.2. The molecule has 0 spiro atoms. The van der Waals surface area contributed by atoms with Gasteiger partial charge in [-0.2, -0.15) is 0 Å². The molecule has 1 N–H and O–H groups in total. The van der Waals surface area contributed by atoms with Crippen molar-refractivity contribution in [3.8, 4) is 0 Å². The minimum Gasteiger partial charge on any atom is -0.389 e. The summed E-state index contributed by atoms with van der Waals surface area (Å²) in [5.74, 6) is 0. The molecule has 6 heteroatoms. The molecular formula is C25H35FO4S. The lowest BCUT2D eigenvalue weighted by atomic mass is 10.0. The lowest BCUT2D eigenvalue weighted by Gasteiger charge is -2.30.